The molecule has 0 fully saturated rings. The lowest BCUT2D eigenvalue weighted by molar-refractivity contribution is -0.255. The Morgan fingerprint density at radius 2 is 1.47 bits per heavy atom. The van der Waals surface area contributed by atoms with E-state index in [0.717, 1.165) is 0 Å². The molecule has 2 N–H and O–H groups in total. The first kappa shape index (κ1) is 21.1. The molecule has 0 aliphatic heterocycles. The molecule has 0 spiro atoms. The Kier molecular flexibility index (Phi) is 5.61. The predicted molar refractivity (Wildman–Crippen MR) is 117 cm³/mol. The molecule has 0 bridgehead atoms. The summed E-state index contributed by atoms with van der Waals surface area (Å²) in [6, 6.07) is 18.7. The fourth-order valence-corrected chi connectivity index (χ4v) is 3.93. The van der Waals surface area contributed by atoms with E-state index in [9.17, 15) is 18.3 Å². The number of sulfonamides is 1. The van der Waals surface area contributed by atoms with E-state index in [0.29, 0.717) is 22.5 Å². The van der Waals surface area contributed by atoms with Crippen LogP contribution in [0.5, 0.6) is 5.75 Å². The molecule has 0 aliphatic rings. The largest absolute Gasteiger partial charge is 0.545 e. The first-order valence-corrected chi connectivity index (χ1v) is 10.9. The number of nitrogens with zero attached hydrogens (tertiary/aromatic N) is 2. The molecule has 1 aromatic heterocycles. The van der Waals surface area contributed by atoms with Gasteiger partial charge in [0.2, 0.25) is 0 Å². The molecule has 3 aromatic carbocycles. The average Bonchev–Trinajstić information content (AvgIpc) is 2.79. The minimum absolute atomic E-state index is 0.0107. The van der Waals surface area contributed by atoms with Gasteiger partial charge in [-0.3, -0.25) is 4.72 Å². The third kappa shape index (κ3) is 4.44. The number of carboxylic acids is 1. The number of carbonyl (C=O) groups excluding carboxylic acids is 1. The number of rotatable bonds is 7. The minimum Gasteiger partial charge on any atom is -0.545 e. The van der Waals surface area contributed by atoms with E-state index in [1.165, 1.54) is 43.5 Å². The molecule has 0 aliphatic carbocycles. The van der Waals surface area contributed by atoms with E-state index in [-0.39, 0.29) is 22.1 Å². The number of anilines is 3. The molecule has 0 amide bonds. The Bertz CT molecular complexity index is 1390. The van der Waals surface area contributed by atoms with Gasteiger partial charge >= 0.3 is 0 Å². The first-order valence-electron chi connectivity index (χ1n) is 9.38. The Labute approximate surface area is 183 Å². The van der Waals surface area contributed by atoms with Crippen molar-refractivity contribution in [3.8, 4) is 5.75 Å². The van der Waals surface area contributed by atoms with Gasteiger partial charge in [-0.15, -0.1) is 0 Å². The number of fused-ring (bicyclic) bond motifs is 1. The highest BCUT2D eigenvalue weighted by Crippen LogP contribution is 2.27. The molecule has 4 aromatic rings. The summed E-state index contributed by atoms with van der Waals surface area (Å²) in [5, 5.41) is 14.0. The second-order valence-electron chi connectivity index (χ2n) is 6.68. The summed E-state index contributed by atoms with van der Waals surface area (Å²) in [6.45, 7) is 0. The van der Waals surface area contributed by atoms with Crippen molar-refractivity contribution in [2.45, 2.75) is 4.90 Å². The summed E-state index contributed by atoms with van der Waals surface area (Å²) in [5.74, 6) is -0.628. The van der Waals surface area contributed by atoms with Gasteiger partial charge in [-0.2, -0.15) is 0 Å². The maximum atomic E-state index is 12.9. The summed E-state index contributed by atoms with van der Waals surface area (Å²) in [6.07, 6.45) is 0. The van der Waals surface area contributed by atoms with Crippen molar-refractivity contribution < 1.29 is 23.1 Å². The third-order valence-corrected chi connectivity index (χ3v) is 5.91. The number of para-hydroxylation sites is 2. The monoisotopic (exact) mass is 449 g/mol. The second-order valence-corrected chi connectivity index (χ2v) is 8.36. The molecule has 9 nitrogen and oxygen atoms in total. The topological polar surface area (TPSA) is 133 Å². The summed E-state index contributed by atoms with van der Waals surface area (Å²) < 4.78 is 33.4. The zero-order valence-electron chi connectivity index (χ0n) is 16.8. The van der Waals surface area contributed by atoms with Crippen LogP contribution in [0.3, 0.4) is 0 Å². The number of aromatic carboxylic acids is 1. The lowest BCUT2D eigenvalue weighted by Crippen LogP contribution is -2.21. The molecule has 4 rings (SSSR count). The predicted octanol–water partition coefficient (Wildman–Crippen LogP) is 2.55. The van der Waals surface area contributed by atoms with E-state index in [2.05, 4.69) is 20.0 Å². The van der Waals surface area contributed by atoms with Crippen molar-refractivity contribution in [1.29, 1.82) is 0 Å². The lowest BCUT2D eigenvalue weighted by atomic mass is 10.2. The van der Waals surface area contributed by atoms with E-state index in [1.807, 2.05) is 0 Å². The van der Waals surface area contributed by atoms with Crippen LogP contribution < -0.4 is 19.9 Å². The molecule has 0 saturated heterocycles. The standard InChI is InChI=1S/C22H18N4O5S/c1-31-16-10-12-17(13-11-16)32(29,30)26-21-20(24-18-4-2-3-5-19(18)25-21)23-15-8-6-14(7-9-15)22(27)28/h2-13H,1H3,(H,23,24)(H,25,26)(H,27,28)/p-1. The van der Waals surface area contributed by atoms with E-state index in [1.54, 1.807) is 36.4 Å². The maximum absolute atomic E-state index is 12.9. The van der Waals surface area contributed by atoms with Crippen molar-refractivity contribution >= 4 is 44.3 Å². The SMILES string of the molecule is COc1ccc(S(=O)(=O)Nc2nc3ccccc3nc2Nc2ccc(C(=O)[O-])cc2)cc1. The zero-order valence-corrected chi connectivity index (χ0v) is 17.6. The van der Waals surface area contributed by atoms with Gasteiger partial charge in [0.25, 0.3) is 10.0 Å². The Morgan fingerprint density at radius 3 is 2.03 bits per heavy atom. The fourth-order valence-electron chi connectivity index (χ4n) is 2.93. The van der Waals surface area contributed by atoms with Gasteiger partial charge < -0.3 is 20.0 Å². The molecule has 0 atom stereocenters. The van der Waals surface area contributed by atoms with Crippen LogP contribution >= 0.6 is 0 Å². The quantitative estimate of drug-likeness (QED) is 0.440. The number of methoxy groups -OCH3 is 1. The number of aromatic nitrogens is 2. The molecule has 32 heavy (non-hydrogen) atoms. The molecule has 0 saturated carbocycles. The van der Waals surface area contributed by atoms with Crippen molar-refractivity contribution in [1.82, 2.24) is 9.97 Å². The Balaban J connectivity index is 1.72. The number of carbonyl (C=O) groups is 1. The normalized spacial score (nSPS) is 11.2. The maximum Gasteiger partial charge on any atom is 0.263 e. The zero-order chi connectivity index (χ0) is 22.7. The molecular formula is C22H17N4O5S-. The van der Waals surface area contributed by atoms with Gasteiger partial charge in [0.1, 0.15) is 5.75 Å². The van der Waals surface area contributed by atoms with Gasteiger partial charge in [-0.25, -0.2) is 18.4 Å². The van der Waals surface area contributed by atoms with Gasteiger partial charge in [-0.05, 0) is 54.1 Å². The molecule has 0 unspecified atom stereocenters. The number of carboxylic acid groups (broad SMARTS) is 1. The minimum atomic E-state index is -3.97. The molecule has 162 valence electrons. The second kappa shape index (κ2) is 8.52. The van der Waals surface area contributed by atoms with E-state index in [4.69, 9.17) is 4.74 Å². The van der Waals surface area contributed by atoms with Gasteiger partial charge in [0.05, 0.1) is 29.0 Å². The van der Waals surface area contributed by atoms with Crippen molar-refractivity contribution in [2.75, 3.05) is 17.1 Å². The van der Waals surface area contributed by atoms with Crippen LogP contribution in [0.25, 0.3) is 11.0 Å². The van der Waals surface area contributed by atoms with Crippen LogP contribution in [-0.2, 0) is 10.0 Å². The van der Waals surface area contributed by atoms with Gasteiger partial charge in [-0.1, -0.05) is 24.3 Å². The smallest absolute Gasteiger partial charge is 0.263 e. The fraction of sp³-hybridized carbons (Fsp3) is 0.0455. The van der Waals surface area contributed by atoms with E-state index >= 15 is 0 Å². The van der Waals surface area contributed by atoms with Crippen molar-refractivity contribution in [3.63, 3.8) is 0 Å². The summed E-state index contributed by atoms with van der Waals surface area (Å²) in [5.41, 5.74) is 1.55. The van der Waals surface area contributed by atoms with Crippen molar-refractivity contribution in [3.05, 3.63) is 78.4 Å². The van der Waals surface area contributed by atoms with Crippen LogP contribution in [0.4, 0.5) is 17.3 Å². The number of benzene rings is 3. The van der Waals surface area contributed by atoms with Crippen LogP contribution in [0, 0.1) is 0 Å². The van der Waals surface area contributed by atoms with E-state index < -0.39 is 16.0 Å². The van der Waals surface area contributed by atoms with Crippen molar-refractivity contribution in [2.24, 2.45) is 0 Å². The highest BCUT2D eigenvalue weighted by molar-refractivity contribution is 7.92. The van der Waals surface area contributed by atoms with Crippen LogP contribution in [0.1, 0.15) is 10.4 Å². The number of nitrogens with one attached hydrogen (secondary N) is 2. The Hall–Kier alpha value is -4.18. The lowest BCUT2D eigenvalue weighted by Gasteiger charge is -2.14. The summed E-state index contributed by atoms with van der Waals surface area (Å²) in [4.78, 5) is 19.9. The molecule has 0 radical (unpaired) electrons. The molecule has 10 heteroatoms. The van der Waals surface area contributed by atoms with Crippen LogP contribution in [0.2, 0.25) is 0 Å². The molecule has 1 heterocycles. The highest BCUT2D eigenvalue weighted by atomic mass is 32.2. The molecular weight excluding hydrogens is 432 g/mol. The number of hydrogen-bond donors (Lipinski definition) is 2. The highest BCUT2D eigenvalue weighted by Gasteiger charge is 2.19. The van der Waals surface area contributed by atoms with Gasteiger partial charge in [0, 0.05) is 5.69 Å². The average molecular weight is 449 g/mol. The number of ether oxygens (including phenoxy) is 1. The van der Waals surface area contributed by atoms with Gasteiger partial charge in [0.15, 0.2) is 11.6 Å². The Morgan fingerprint density at radius 1 is 0.875 bits per heavy atom. The van der Waals surface area contributed by atoms with Crippen LogP contribution in [-0.4, -0.2) is 31.5 Å². The summed E-state index contributed by atoms with van der Waals surface area (Å²) >= 11 is 0. The van der Waals surface area contributed by atoms with Crippen LogP contribution in [0.15, 0.2) is 77.7 Å². The first-order chi connectivity index (χ1) is 15.4. The number of hydrogen-bond acceptors (Lipinski definition) is 8. The summed E-state index contributed by atoms with van der Waals surface area (Å²) in [7, 11) is -2.48. The third-order valence-electron chi connectivity index (χ3n) is 4.55.